The summed E-state index contributed by atoms with van der Waals surface area (Å²) in [6.45, 7) is 2.03. The van der Waals surface area contributed by atoms with Crippen molar-refractivity contribution in [2.75, 3.05) is 7.11 Å². The Balaban J connectivity index is 1.75. The van der Waals surface area contributed by atoms with Crippen LogP contribution in [0.1, 0.15) is 41.4 Å². The number of aryl methyl sites for hydroxylation is 1. The van der Waals surface area contributed by atoms with E-state index in [1.165, 1.54) is 5.56 Å². The van der Waals surface area contributed by atoms with Crippen LogP contribution in [0.3, 0.4) is 0 Å². The van der Waals surface area contributed by atoms with E-state index in [0.717, 1.165) is 11.1 Å². The summed E-state index contributed by atoms with van der Waals surface area (Å²) < 4.78 is 11.0. The predicted octanol–water partition coefficient (Wildman–Crippen LogP) is 4.64. The molecular weight excluding hydrogens is 364 g/mol. The third-order valence-electron chi connectivity index (χ3n) is 5.79. The average Bonchev–Trinajstić information content (AvgIpc) is 2.73. The van der Waals surface area contributed by atoms with E-state index in [0.29, 0.717) is 29.9 Å². The maximum absolute atomic E-state index is 13.2. The number of nitrogens with one attached hydrogen (secondary N) is 1. The molecule has 0 radical (unpaired) electrons. The monoisotopic (exact) mass is 386 g/mol. The topological polar surface area (TPSA) is 83.2 Å². The fourth-order valence-corrected chi connectivity index (χ4v) is 4.23. The van der Waals surface area contributed by atoms with Crippen molar-refractivity contribution in [3.63, 3.8) is 0 Å². The first-order valence-electron chi connectivity index (χ1n) is 9.64. The highest BCUT2D eigenvalue weighted by atomic mass is 16.5. The number of ketones is 1. The molecule has 0 saturated carbocycles. The van der Waals surface area contributed by atoms with Gasteiger partial charge in [0, 0.05) is 24.3 Å². The van der Waals surface area contributed by atoms with Crippen LogP contribution in [0.5, 0.6) is 5.75 Å². The second-order valence-corrected chi connectivity index (χ2v) is 7.60. The van der Waals surface area contributed by atoms with Gasteiger partial charge in [0.2, 0.25) is 5.90 Å². The normalized spacial score (nSPS) is 23.8. The Bertz CT molecular complexity index is 1030. The van der Waals surface area contributed by atoms with Crippen molar-refractivity contribution in [1.82, 2.24) is 0 Å². The van der Waals surface area contributed by atoms with E-state index in [1.54, 1.807) is 7.11 Å². The number of methoxy groups -OCH3 is 1. The molecule has 3 unspecified atom stereocenters. The molecule has 0 fully saturated rings. The summed E-state index contributed by atoms with van der Waals surface area (Å²) >= 11 is 0. The summed E-state index contributed by atoms with van der Waals surface area (Å²) in [6.07, 6.45) is 0.931. The number of nitrogens with zero attached hydrogens (tertiary/aromatic N) is 1. The zero-order valence-corrected chi connectivity index (χ0v) is 16.4. The number of benzene rings is 2. The van der Waals surface area contributed by atoms with Crippen LogP contribution in [-0.4, -0.2) is 18.8 Å². The lowest BCUT2D eigenvalue weighted by Gasteiger charge is -2.36. The SMILES string of the molecule is COc1ccc(C2C3=C(CC(c4ccc(C)cc4)CC3=O)OC(=N)C2C#N)cc1. The molecular formula is C24H22N2O3. The summed E-state index contributed by atoms with van der Waals surface area (Å²) in [6, 6.07) is 17.7. The fourth-order valence-electron chi connectivity index (χ4n) is 4.23. The van der Waals surface area contributed by atoms with E-state index in [2.05, 4.69) is 6.07 Å². The molecule has 1 aliphatic heterocycles. The lowest BCUT2D eigenvalue weighted by molar-refractivity contribution is -0.117. The lowest BCUT2D eigenvalue weighted by Crippen LogP contribution is -2.36. The van der Waals surface area contributed by atoms with Crippen LogP contribution >= 0.6 is 0 Å². The van der Waals surface area contributed by atoms with Gasteiger partial charge in [-0.15, -0.1) is 0 Å². The van der Waals surface area contributed by atoms with Crippen molar-refractivity contribution in [2.24, 2.45) is 5.92 Å². The summed E-state index contributed by atoms with van der Waals surface area (Å²) in [5.41, 5.74) is 3.62. The van der Waals surface area contributed by atoms with Gasteiger partial charge in [-0.05, 0) is 36.1 Å². The molecule has 0 aromatic heterocycles. The summed E-state index contributed by atoms with van der Waals surface area (Å²) in [4.78, 5) is 13.2. The minimum absolute atomic E-state index is 0.00890. The first-order valence-corrected chi connectivity index (χ1v) is 9.64. The van der Waals surface area contributed by atoms with Gasteiger partial charge in [0.15, 0.2) is 5.78 Å². The molecule has 0 spiro atoms. The number of allylic oxidation sites excluding steroid dienone is 2. The highest BCUT2D eigenvalue weighted by molar-refractivity contribution is 6.02. The Morgan fingerprint density at radius 2 is 1.72 bits per heavy atom. The number of ether oxygens (including phenoxy) is 2. The molecule has 4 rings (SSSR count). The Hall–Kier alpha value is -3.39. The van der Waals surface area contributed by atoms with Crippen molar-refractivity contribution in [2.45, 2.75) is 31.6 Å². The molecule has 5 heteroatoms. The molecule has 2 aliphatic rings. The molecule has 29 heavy (non-hydrogen) atoms. The second kappa shape index (κ2) is 7.56. The van der Waals surface area contributed by atoms with Gasteiger partial charge in [0.25, 0.3) is 0 Å². The summed E-state index contributed by atoms with van der Waals surface area (Å²) in [5.74, 6) is -0.160. The van der Waals surface area contributed by atoms with E-state index in [-0.39, 0.29) is 17.6 Å². The zero-order valence-electron chi connectivity index (χ0n) is 16.4. The van der Waals surface area contributed by atoms with Crippen LogP contribution in [0.2, 0.25) is 0 Å². The molecule has 0 bridgehead atoms. The minimum atomic E-state index is -0.818. The maximum atomic E-state index is 13.2. The smallest absolute Gasteiger partial charge is 0.205 e. The van der Waals surface area contributed by atoms with Crippen molar-refractivity contribution >= 4 is 11.7 Å². The molecule has 1 N–H and O–H groups in total. The van der Waals surface area contributed by atoms with Gasteiger partial charge in [0.1, 0.15) is 17.4 Å². The van der Waals surface area contributed by atoms with Crippen molar-refractivity contribution in [1.29, 1.82) is 10.7 Å². The lowest BCUT2D eigenvalue weighted by atomic mass is 9.71. The van der Waals surface area contributed by atoms with Crippen molar-refractivity contribution in [3.05, 3.63) is 76.6 Å². The molecule has 0 saturated heterocycles. The van der Waals surface area contributed by atoms with E-state index >= 15 is 0 Å². The Morgan fingerprint density at radius 3 is 2.34 bits per heavy atom. The molecule has 2 aromatic rings. The van der Waals surface area contributed by atoms with Crippen LogP contribution in [0.25, 0.3) is 0 Å². The number of Topliss-reactive ketones (excluding diaryl/α,β-unsaturated/α-hetero) is 1. The summed E-state index contributed by atoms with van der Waals surface area (Å²) in [7, 11) is 1.59. The molecule has 2 aromatic carbocycles. The van der Waals surface area contributed by atoms with E-state index < -0.39 is 11.8 Å². The van der Waals surface area contributed by atoms with Crippen LogP contribution in [0.4, 0.5) is 0 Å². The third kappa shape index (κ3) is 3.42. The molecule has 3 atom stereocenters. The molecule has 5 nitrogen and oxygen atoms in total. The molecule has 146 valence electrons. The fraction of sp³-hybridized carbons (Fsp3) is 0.292. The Labute approximate surface area is 170 Å². The highest BCUT2D eigenvalue weighted by Gasteiger charge is 2.44. The van der Waals surface area contributed by atoms with Gasteiger partial charge < -0.3 is 9.47 Å². The number of hydrogen-bond acceptors (Lipinski definition) is 5. The van der Waals surface area contributed by atoms with Gasteiger partial charge in [-0.1, -0.05) is 42.0 Å². The van der Waals surface area contributed by atoms with Crippen molar-refractivity contribution in [3.8, 4) is 11.8 Å². The van der Waals surface area contributed by atoms with Crippen molar-refractivity contribution < 1.29 is 14.3 Å². The number of hydrogen-bond donors (Lipinski definition) is 1. The Kier molecular flexibility index (Phi) is 4.94. The molecule has 1 aliphatic carbocycles. The van der Waals surface area contributed by atoms with Gasteiger partial charge in [-0.2, -0.15) is 5.26 Å². The quantitative estimate of drug-likeness (QED) is 0.833. The summed E-state index contributed by atoms with van der Waals surface area (Å²) in [5, 5.41) is 18.0. The van der Waals surface area contributed by atoms with E-state index in [4.69, 9.17) is 14.9 Å². The van der Waals surface area contributed by atoms with Crippen LogP contribution in [0.15, 0.2) is 59.9 Å². The van der Waals surface area contributed by atoms with Crippen LogP contribution < -0.4 is 4.74 Å². The van der Waals surface area contributed by atoms with Gasteiger partial charge in [0.05, 0.1) is 13.2 Å². The van der Waals surface area contributed by atoms with E-state index in [9.17, 15) is 10.1 Å². The predicted molar refractivity (Wildman–Crippen MR) is 109 cm³/mol. The average molecular weight is 386 g/mol. The second-order valence-electron chi connectivity index (χ2n) is 7.60. The van der Waals surface area contributed by atoms with E-state index in [1.807, 2.05) is 55.5 Å². The van der Waals surface area contributed by atoms with Gasteiger partial charge >= 0.3 is 0 Å². The van der Waals surface area contributed by atoms with Gasteiger partial charge in [-0.25, -0.2) is 0 Å². The highest BCUT2D eigenvalue weighted by Crippen LogP contribution is 2.46. The first kappa shape index (κ1) is 18.9. The van der Waals surface area contributed by atoms with Gasteiger partial charge in [-0.3, -0.25) is 10.2 Å². The van der Waals surface area contributed by atoms with Crippen LogP contribution in [-0.2, 0) is 9.53 Å². The number of nitriles is 1. The molecule has 0 amide bonds. The number of carbonyl (C=O) groups is 1. The third-order valence-corrected chi connectivity index (χ3v) is 5.79. The molecule has 1 heterocycles. The minimum Gasteiger partial charge on any atom is -0.497 e. The maximum Gasteiger partial charge on any atom is 0.205 e. The number of rotatable bonds is 3. The van der Waals surface area contributed by atoms with Crippen LogP contribution in [0, 0.1) is 29.6 Å². The standard InChI is InChI=1S/C24H22N2O3/c1-14-3-5-15(6-4-14)17-11-20(27)23-21(12-17)29-24(26)19(13-25)22(23)16-7-9-18(28-2)10-8-16/h3-10,17,19,22,26H,11-12H2,1-2H3. The largest absolute Gasteiger partial charge is 0.497 e. The zero-order chi connectivity index (χ0) is 20.5. The number of carbonyl (C=O) groups excluding carboxylic acids is 1. The first-order chi connectivity index (χ1) is 14.0. The Morgan fingerprint density at radius 1 is 1.07 bits per heavy atom.